The van der Waals surface area contributed by atoms with E-state index in [4.69, 9.17) is 16.3 Å². The Morgan fingerprint density at radius 2 is 2.00 bits per heavy atom. The lowest BCUT2D eigenvalue weighted by atomic mass is 10.3. The van der Waals surface area contributed by atoms with Gasteiger partial charge in [0.2, 0.25) is 5.78 Å². The summed E-state index contributed by atoms with van der Waals surface area (Å²) >= 11 is 6.20. The van der Waals surface area contributed by atoms with E-state index in [0.717, 1.165) is 5.69 Å². The maximum absolute atomic E-state index is 13.0. The van der Waals surface area contributed by atoms with Gasteiger partial charge >= 0.3 is 5.69 Å². The number of imidazole rings is 2. The van der Waals surface area contributed by atoms with Crippen molar-refractivity contribution in [2.75, 3.05) is 7.11 Å². The SMILES string of the molecule is CCCn1c(=O)c2c(nc3n(-c4cc(Cl)ccc4OC)c(C)cn23)n(C)c1=O. The molecule has 0 amide bonds. The van der Waals surface area contributed by atoms with E-state index in [1.807, 2.05) is 24.6 Å². The van der Waals surface area contributed by atoms with E-state index >= 15 is 0 Å². The Balaban J connectivity index is 2.16. The first-order valence-corrected chi connectivity index (χ1v) is 9.30. The van der Waals surface area contributed by atoms with Crippen LogP contribution in [0.2, 0.25) is 5.02 Å². The molecule has 0 bridgehead atoms. The van der Waals surface area contributed by atoms with Crippen LogP contribution in [0.3, 0.4) is 0 Å². The first-order valence-electron chi connectivity index (χ1n) is 8.92. The highest BCUT2D eigenvalue weighted by Crippen LogP contribution is 2.30. The van der Waals surface area contributed by atoms with Gasteiger partial charge in [-0.15, -0.1) is 0 Å². The van der Waals surface area contributed by atoms with E-state index in [1.165, 1.54) is 9.13 Å². The molecule has 3 aromatic heterocycles. The van der Waals surface area contributed by atoms with Gasteiger partial charge in [-0.25, -0.2) is 4.79 Å². The summed E-state index contributed by atoms with van der Waals surface area (Å²) in [7, 11) is 3.21. The van der Waals surface area contributed by atoms with Gasteiger partial charge in [-0.3, -0.25) is 22.9 Å². The summed E-state index contributed by atoms with van der Waals surface area (Å²) in [4.78, 5) is 30.2. The average molecular weight is 402 g/mol. The highest BCUT2D eigenvalue weighted by molar-refractivity contribution is 6.30. The fraction of sp³-hybridized carbons (Fsp3) is 0.316. The van der Waals surface area contributed by atoms with Crippen molar-refractivity contribution >= 4 is 28.5 Å². The van der Waals surface area contributed by atoms with Crippen molar-refractivity contribution in [2.45, 2.75) is 26.8 Å². The van der Waals surface area contributed by atoms with E-state index < -0.39 is 0 Å². The van der Waals surface area contributed by atoms with Crippen molar-refractivity contribution in [1.82, 2.24) is 23.1 Å². The van der Waals surface area contributed by atoms with Crippen molar-refractivity contribution in [2.24, 2.45) is 7.05 Å². The van der Waals surface area contributed by atoms with Crippen molar-refractivity contribution in [1.29, 1.82) is 0 Å². The molecule has 0 N–H and O–H groups in total. The van der Waals surface area contributed by atoms with Crippen LogP contribution in [0.15, 0.2) is 34.0 Å². The fourth-order valence-corrected chi connectivity index (χ4v) is 3.73. The summed E-state index contributed by atoms with van der Waals surface area (Å²) in [6, 6.07) is 5.30. The number of aromatic nitrogens is 5. The van der Waals surface area contributed by atoms with E-state index in [0.29, 0.717) is 46.4 Å². The molecule has 4 rings (SSSR count). The van der Waals surface area contributed by atoms with Gasteiger partial charge in [-0.1, -0.05) is 18.5 Å². The summed E-state index contributed by atoms with van der Waals surface area (Å²) < 4.78 is 11.7. The number of hydrogen-bond acceptors (Lipinski definition) is 4. The van der Waals surface area contributed by atoms with Gasteiger partial charge in [0.1, 0.15) is 5.75 Å². The molecular weight excluding hydrogens is 382 g/mol. The van der Waals surface area contributed by atoms with Crippen molar-refractivity contribution in [3.05, 3.63) is 56.0 Å². The molecule has 0 unspecified atom stereocenters. The number of benzene rings is 1. The molecule has 0 aliphatic heterocycles. The third-order valence-electron chi connectivity index (χ3n) is 4.86. The zero-order chi connectivity index (χ0) is 20.2. The number of hydrogen-bond donors (Lipinski definition) is 0. The lowest BCUT2D eigenvalue weighted by Crippen LogP contribution is -2.39. The number of halogens is 1. The Morgan fingerprint density at radius 3 is 2.68 bits per heavy atom. The maximum atomic E-state index is 13.0. The van der Waals surface area contributed by atoms with Gasteiger partial charge in [0.25, 0.3) is 5.56 Å². The van der Waals surface area contributed by atoms with E-state index in [9.17, 15) is 9.59 Å². The van der Waals surface area contributed by atoms with Gasteiger partial charge in [0, 0.05) is 30.5 Å². The van der Waals surface area contributed by atoms with Crippen LogP contribution in [-0.4, -0.2) is 30.2 Å². The summed E-state index contributed by atoms with van der Waals surface area (Å²) in [5.41, 5.74) is 1.55. The molecule has 28 heavy (non-hydrogen) atoms. The second-order valence-electron chi connectivity index (χ2n) is 6.67. The molecule has 0 fully saturated rings. The van der Waals surface area contributed by atoms with Crippen LogP contribution in [0.5, 0.6) is 5.75 Å². The number of rotatable bonds is 4. The van der Waals surface area contributed by atoms with Crippen LogP contribution >= 0.6 is 11.6 Å². The summed E-state index contributed by atoms with van der Waals surface area (Å²) in [6.07, 6.45) is 2.51. The summed E-state index contributed by atoms with van der Waals surface area (Å²) in [6.45, 7) is 4.19. The third-order valence-corrected chi connectivity index (χ3v) is 5.09. The standard InChI is InChI=1S/C19H20ClN5O3/c1-5-8-23-17(26)15-16(22(3)19(23)27)21-18-24(15)10-11(2)25(18)13-9-12(20)6-7-14(13)28-4/h6-7,9-10H,5,8H2,1-4H3. The Morgan fingerprint density at radius 1 is 1.25 bits per heavy atom. The normalized spacial score (nSPS) is 11.6. The van der Waals surface area contributed by atoms with Gasteiger partial charge in [-0.05, 0) is 31.5 Å². The minimum Gasteiger partial charge on any atom is -0.495 e. The third kappa shape index (κ3) is 2.48. The van der Waals surface area contributed by atoms with Gasteiger partial charge < -0.3 is 4.74 Å². The molecule has 3 heterocycles. The molecule has 0 atom stereocenters. The second-order valence-corrected chi connectivity index (χ2v) is 7.11. The van der Waals surface area contributed by atoms with Crippen molar-refractivity contribution < 1.29 is 4.74 Å². The smallest absolute Gasteiger partial charge is 0.332 e. The largest absolute Gasteiger partial charge is 0.495 e. The minimum atomic E-state index is -0.372. The summed E-state index contributed by atoms with van der Waals surface area (Å²) in [5, 5.41) is 0.552. The van der Waals surface area contributed by atoms with Crippen LogP contribution in [-0.2, 0) is 13.6 Å². The number of ether oxygens (including phenoxy) is 1. The molecule has 0 radical (unpaired) electrons. The fourth-order valence-electron chi connectivity index (χ4n) is 3.57. The number of fused-ring (bicyclic) bond motifs is 3. The van der Waals surface area contributed by atoms with Crippen molar-refractivity contribution in [3.63, 3.8) is 0 Å². The number of aryl methyl sites for hydroxylation is 2. The molecule has 0 saturated carbocycles. The lowest BCUT2D eigenvalue weighted by molar-refractivity contribution is 0.413. The van der Waals surface area contributed by atoms with Crippen LogP contribution in [0, 0.1) is 6.92 Å². The van der Waals surface area contributed by atoms with Crippen LogP contribution in [0.25, 0.3) is 22.6 Å². The van der Waals surface area contributed by atoms with Gasteiger partial charge in [-0.2, -0.15) is 4.98 Å². The molecule has 8 nitrogen and oxygen atoms in total. The molecule has 0 spiro atoms. The lowest BCUT2D eigenvalue weighted by Gasteiger charge is -2.11. The molecule has 146 valence electrons. The topological polar surface area (TPSA) is 75.5 Å². The van der Waals surface area contributed by atoms with Crippen LogP contribution in [0.4, 0.5) is 0 Å². The first-order chi connectivity index (χ1) is 13.4. The number of nitrogens with zero attached hydrogens (tertiary/aromatic N) is 5. The Kier molecular flexibility index (Phi) is 4.30. The Bertz CT molecular complexity index is 1340. The Hall–Kier alpha value is -3.00. The second kappa shape index (κ2) is 6.56. The first kappa shape index (κ1) is 18.4. The van der Waals surface area contributed by atoms with E-state index in [2.05, 4.69) is 4.98 Å². The summed E-state index contributed by atoms with van der Waals surface area (Å²) in [5.74, 6) is 1.13. The quantitative estimate of drug-likeness (QED) is 0.526. The predicted molar refractivity (Wildman–Crippen MR) is 108 cm³/mol. The van der Waals surface area contributed by atoms with E-state index in [-0.39, 0.29) is 11.2 Å². The molecule has 1 aromatic carbocycles. The predicted octanol–water partition coefficient (Wildman–Crippen LogP) is 2.52. The highest BCUT2D eigenvalue weighted by atomic mass is 35.5. The van der Waals surface area contributed by atoms with Crippen molar-refractivity contribution in [3.8, 4) is 11.4 Å². The zero-order valence-electron chi connectivity index (χ0n) is 16.1. The molecular formula is C19H20ClN5O3. The van der Waals surface area contributed by atoms with Crippen LogP contribution < -0.4 is 16.0 Å². The Labute approximate surface area is 165 Å². The molecule has 9 heteroatoms. The van der Waals surface area contributed by atoms with Crippen LogP contribution in [0.1, 0.15) is 19.0 Å². The zero-order valence-corrected chi connectivity index (χ0v) is 16.8. The van der Waals surface area contributed by atoms with Gasteiger partial charge in [0.15, 0.2) is 11.2 Å². The molecule has 0 aliphatic rings. The number of methoxy groups -OCH3 is 1. The maximum Gasteiger partial charge on any atom is 0.332 e. The molecule has 0 saturated heterocycles. The minimum absolute atomic E-state index is 0.340. The monoisotopic (exact) mass is 401 g/mol. The van der Waals surface area contributed by atoms with E-state index in [1.54, 1.807) is 36.8 Å². The average Bonchev–Trinajstić information content (AvgIpc) is 3.18. The van der Waals surface area contributed by atoms with Gasteiger partial charge in [0.05, 0.1) is 12.8 Å². The highest BCUT2D eigenvalue weighted by Gasteiger charge is 2.21. The molecule has 4 aromatic rings. The molecule has 0 aliphatic carbocycles.